The predicted octanol–water partition coefficient (Wildman–Crippen LogP) is -0.707. The van der Waals surface area contributed by atoms with E-state index in [-0.39, 0.29) is 6.61 Å². The van der Waals surface area contributed by atoms with Crippen molar-refractivity contribution in [2.45, 2.75) is 13.3 Å². The summed E-state index contributed by atoms with van der Waals surface area (Å²) in [4.78, 5) is 0. The standard InChI is InChI=1S/C3H10N2.C2H6O/c4-2-1-3-5;1-2-3/h1-5H2;3H,2H2,1H3. The maximum absolute atomic E-state index is 7.57. The molecule has 5 N–H and O–H groups in total. The van der Waals surface area contributed by atoms with Crippen LogP contribution in [0, 0.1) is 0 Å². The molecule has 8 heavy (non-hydrogen) atoms. The zero-order valence-electron chi connectivity index (χ0n) is 5.43. The Kier molecular flexibility index (Phi) is 21.3. The van der Waals surface area contributed by atoms with Crippen molar-refractivity contribution in [3.05, 3.63) is 0 Å². The fraction of sp³-hybridized carbons (Fsp3) is 1.00. The predicted molar refractivity (Wildman–Crippen MR) is 35.5 cm³/mol. The van der Waals surface area contributed by atoms with E-state index in [9.17, 15) is 0 Å². The zero-order valence-corrected chi connectivity index (χ0v) is 5.43. The Morgan fingerprint density at radius 1 is 1.25 bits per heavy atom. The number of hydrogen-bond acceptors (Lipinski definition) is 3. The van der Waals surface area contributed by atoms with E-state index in [4.69, 9.17) is 16.6 Å². The van der Waals surface area contributed by atoms with E-state index < -0.39 is 0 Å². The first kappa shape index (κ1) is 10.8. The van der Waals surface area contributed by atoms with E-state index in [2.05, 4.69) is 0 Å². The van der Waals surface area contributed by atoms with E-state index in [0.717, 1.165) is 19.5 Å². The molecule has 0 bridgehead atoms. The van der Waals surface area contributed by atoms with Crippen molar-refractivity contribution in [1.29, 1.82) is 0 Å². The van der Waals surface area contributed by atoms with Crippen LogP contribution in [0.15, 0.2) is 0 Å². The van der Waals surface area contributed by atoms with Gasteiger partial charge in [-0.3, -0.25) is 0 Å². The molecule has 0 saturated heterocycles. The maximum atomic E-state index is 7.57. The van der Waals surface area contributed by atoms with Crippen LogP contribution in [0.25, 0.3) is 0 Å². The summed E-state index contributed by atoms with van der Waals surface area (Å²) in [7, 11) is 0. The number of rotatable bonds is 2. The van der Waals surface area contributed by atoms with Crippen LogP contribution in [0.1, 0.15) is 13.3 Å². The van der Waals surface area contributed by atoms with Crippen LogP contribution in [0.5, 0.6) is 0 Å². The summed E-state index contributed by atoms with van der Waals surface area (Å²) >= 11 is 0. The first-order valence-electron chi connectivity index (χ1n) is 2.84. The number of aliphatic hydroxyl groups excluding tert-OH is 1. The summed E-state index contributed by atoms with van der Waals surface area (Å²) in [6.45, 7) is 3.37. The zero-order chi connectivity index (χ0) is 6.83. The first-order chi connectivity index (χ1) is 3.83. The minimum absolute atomic E-state index is 0.250. The van der Waals surface area contributed by atoms with Crippen molar-refractivity contribution < 1.29 is 5.11 Å². The second-order valence-corrected chi connectivity index (χ2v) is 1.25. The van der Waals surface area contributed by atoms with E-state index >= 15 is 0 Å². The molecule has 0 fully saturated rings. The molecule has 0 aromatic carbocycles. The largest absolute Gasteiger partial charge is 0.397 e. The summed E-state index contributed by atoms with van der Waals surface area (Å²) in [6, 6.07) is 0. The number of hydrogen-bond donors (Lipinski definition) is 3. The fourth-order valence-electron chi connectivity index (χ4n) is 0.118. The van der Waals surface area contributed by atoms with Gasteiger partial charge in [0.2, 0.25) is 0 Å². The highest BCUT2D eigenvalue weighted by atomic mass is 16.2. The molecule has 0 aliphatic heterocycles. The van der Waals surface area contributed by atoms with Gasteiger partial charge in [0.05, 0.1) is 0 Å². The van der Waals surface area contributed by atoms with Crippen LogP contribution in [0.4, 0.5) is 0 Å². The molecule has 0 aromatic heterocycles. The third kappa shape index (κ3) is 39.6. The van der Waals surface area contributed by atoms with Gasteiger partial charge in [0, 0.05) is 6.61 Å². The van der Waals surface area contributed by atoms with Gasteiger partial charge in [-0.2, -0.15) is 0 Å². The summed E-state index contributed by atoms with van der Waals surface area (Å²) < 4.78 is 0. The fourth-order valence-corrected chi connectivity index (χ4v) is 0.118. The number of aliphatic hydroxyl groups is 1. The second kappa shape index (κ2) is 15.8. The normalized spacial score (nSPS) is 7.50. The smallest absolute Gasteiger partial charge is 0.0402 e. The topological polar surface area (TPSA) is 72.3 Å². The molecule has 0 heterocycles. The van der Waals surface area contributed by atoms with Gasteiger partial charge < -0.3 is 16.6 Å². The highest BCUT2D eigenvalue weighted by Crippen LogP contribution is 1.58. The van der Waals surface area contributed by atoms with Gasteiger partial charge in [-0.15, -0.1) is 0 Å². The van der Waals surface area contributed by atoms with Crippen LogP contribution >= 0.6 is 0 Å². The Balaban J connectivity index is 0. The molecule has 0 atom stereocenters. The van der Waals surface area contributed by atoms with E-state index in [1.54, 1.807) is 6.92 Å². The monoisotopic (exact) mass is 120 g/mol. The Morgan fingerprint density at radius 3 is 1.50 bits per heavy atom. The highest BCUT2D eigenvalue weighted by molar-refractivity contribution is 4.33. The lowest BCUT2D eigenvalue weighted by atomic mass is 10.4. The SMILES string of the molecule is CCO.NCCCN. The summed E-state index contributed by atoms with van der Waals surface area (Å²) in [5.74, 6) is 0. The van der Waals surface area contributed by atoms with Crippen LogP contribution in [-0.4, -0.2) is 24.8 Å². The molecule has 0 rings (SSSR count). The van der Waals surface area contributed by atoms with Gasteiger partial charge in [-0.1, -0.05) is 0 Å². The molecule has 0 radical (unpaired) electrons. The van der Waals surface area contributed by atoms with Gasteiger partial charge in [-0.25, -0.2) is 0 Å². The van der Waals surface area contributed by atoms with Crippen molar-refractivity contribution in [2.75, 3.05) is 19.7 Å². The molecular weight excluding hydrogens is 104 g/mol. The molecule has 0 aromatic rings. The molecule has 0 unspecified atom stereocenters. The molecule has 0 spiro atoms. The molecule has 0 aliphatic carbocycles. The van der Waals surface area contributed by atoms with Crippen LogP contribution in [-0.2, 0) is 0 Å². The molecule has 0 aliphatic rings. The minimum Gasteiger partial charge on any atom is -0.397 e. The van der Waals surface area contributed by atoms with Gasteiger partial charge in [0.25, 0.3) is 0 Å². The van der Waals surface area contributed by atoms with Crippen molar-refractivity contribution in [1.82, 2.24) is 0 Å². The van der Waals surface area contributed by atoms with Crippen molar-refractivity contribution in [3.63, 3.8) is 0 Å². The van der Waals surface area contributed by atoms with Crippen molar-refractivity contribution in [3.8, 4) is 0 Å². The average Bonchev–Trinajstić information content (AvgIpc) is 1.71. The molecule has 3 nitrogen and oxygen atoms in total. The third-order valence-electron chi connectivity index (χ3n) is 0.408. The van der Waals surface area contributed by atoms with Gasteiger partial charge in [0.15, 0.2) is 0 Å². The lowest BCUT2D eigenvalue weighted by Crippen LogP contribution is -2.06. The Hall–Kier alpha value is -0.120. The maximum Gasteiger partial charge on any atom is 0.0402 e. The van der Waals surface area contributed by atoms with E-state index in [1.807, 2.05) is 0 Å². The average molecular weight is 120 g/mol. The quantitative estimate of drug-likeness (QED) is 0.451. The van der Waals surface area contributed by atoms with Gasteiger partial charge >= 0.3 is 0 Å². The van der Waals surface area contributed by atoms with Crippen LogP contribution in [0.3, 0.4) is 0 Å². The van der Waals surface area contributed by atoms with Crippen LogP contribution in [0.2, 0.25) is 0 Å². The second-order valence-electron chi connectivity index (χ2n) is 1.25. The molecular formula is C5H16N2O. The van der Waals surface area contributed by atoms with E-state index in [0.29, 0.717) is 0 Å². The van der Waals surface area contributed by atoms with Crippen molar-refractivity contribution >= 4 is 0 Å². The Bertz CT molecular complexity index is 24.4. The molecule has 3 heteroatoms. The van der Waals surface area contributed by atoms with Crippen molar-refractivity contribution in [2.24, 2.45) is 11.5 Å². The van der Waals surface area contributed by atoms with Gasteiger partial charge in [-0.05, 0) is 26.4 Å². The summed E-state index contributed by atoms with van der Waals surface area (Å²) in [5.41, 5.74) is 10.1. The highest BCUT2D eigenvalue weighted by Gasteiger charge is 1.67. The first-order valence-corrected chi connectivity index (χ1v) is 2.84. The lowest BCUT2D eigenvalue weighted by Gasteiger charge is -1.81. The summed E-state index contributed by atoms with van der Waals surface area (Å²) in [5, 5.41) is 7.57. The van der Waals surface area contributed by atoms with Gasteiger partial charge in [0.1, 0.15) is 0 Å². The third-order valence-corrected chi connectivity index (χ3v) is 0.408. The summed E-state index contributed by atoms with van der Waals surface area (Å²) in [6.07, 6.45) is 0.944. The number of nitrogens with two attached hydrogens (primary N) is 2. The van der Waals surface area contributed by atoms with E-state index in [1.165, 1.54) is 0 Å². The molecule has 52 valence electrons. The minimum atomic E-state index is 0.250. The Labute approximate surface area is 50.7 Å². The molecule has 0 amide bonds. The van der Waals surface area contributed by atoms with Crippen LogP contribution < -0.4 is 11.5 Å². The lowest BCUT2D eigenvalue weighted by molar-refractivity contribution is 0.318. The Morgan fingerprint density at radius 2 is 1.50 bits per heavy atom. The molecule has 0 saturated carbocycles.